The van der Waals surface area contributed by atoms with E-state index < -0.39 is 39.9 Å². The fourth-order valence-electron chi connectivity index (χ4n) is 4.03. The van der Waals surface area contributed by atoms with Crippen LogP contribution in [0.3, 0.4) is 0 Å². The molecule has 1 aliphatic heterocycles. The number of carboxylic acids is 1. The largest absolute Gasteiger partial charge is 0.479 e. The molecule has 0 aromatic carbocycles. The van der Waals surface area contributed by atoms with E-state index in [0.29, 0.717) is 12.8 Å². The molecule has 0 radical (unpaired) electrons. The van der Waals surface area contributed by atoms with Gasteiger partial charge in [0.25, 0.3) is 0 Å². The summed E-state index contributed by atoms with van der Waals surface area (Å²) in [6, 6.07) is 0. The zero-order chi connectivity index (χ0) is 17.5. The zero-order valence-electron chi connectivity index (χ0n) is 13.8. The van der Waals surface area contributed by atoms with E-state index >= 15 is 0 Å². The number of amides is 1. The van der Waals surface area contributed by atoms with Crippen molar-refractivity contribution < 1.29 is 19.5 Å². The van der Waals surface area contributed by atoms with Gasteiger partial charge in [-0.1, -0.05) is 26.0 Å². The molecule has 2 aliphatic rings. The molecular formula is C17H24ClNO4. The van der Waals surface area contributed by atoms with Crippen LogP contribution in [0.2, 0.25) is 0 Å². The molecule has 6 heteroatoms. The van der Waals surface area contributed by atoms with Gasteiger partial charge in [-0.3, -0.25) is 9.59 Å². The molecule has 0 bridgehead atoms. The molecular weight excluding hydrogens is 318 g/mol. The number of rotatable bonds is 5. The van der Waals surface area contributed by atoms with Crippen LogP contribution in [0.5, 0.6) is 0 Å². The number of carbonyl (C=O) groups excluding carboxylic acids is 2. The number of nitrogens with one attached hydrogen (secondary N) is 1. The summed E-state index contributed by atoms with van der Waals surface area (Å²) in [5.74, 6) is -2.50. The maximum Gasteiger partial charge on any atom is 0.337 e. The van der Waals surface area contributed by atoms with Crippen molar-refractivity contribution in [3.05, 3.63) is 12.2 Å². The number of ketones is 1. The number of aliphatic carboxylic acids is 1. The van der Waals surface area contributed by atoms with E-state index in [9.17, 15) is 19.5 Å². The molecule has 1 fully saturated rings. The Bertz CT molecular complexity index is 571. The third-order valence-corrected chi connectivity index (χ3v) is 5.81. The fraction of sp³-hybridized carbons (Fsp3) is 0.706. The lowest BCUT2D eigenvalue weighted by molar-refractivity contribution is -0.158. The minimum atomic E-state index is -1.92. The number of hydrogen-bond donors (Lipinski definition) is 2. The van der Waals surface area contributed by atoms with Crippen LogP contribution in [0.1, 0.15) is 46.5 Å². The summed E-state index contributed by atoms with van der Waals surface area (Å²) >= 11 is 5.78. The number of allylic oxidation sites excluding steroid dienone is 2. The van der Waals surface area contributed by atoms with Crippen molar-refractivity contribution in [2.24, 2.45) is 16.7 Å². The zero-order valence-corrected chi connectivity index (χ0v) is 14.6. The highest BCUT2D eigenvalue weighted by Gasteiger charge is 2.69. The first-order valence-corrected chi connectivity index (χ1v) is 8.51. The summed E-state index contributed by atoms with van der Waals surface area (Å²) in [7, 11) is 0. The van der Waals surface area contributed by atoms with Gasteiger partial charge in [-0.15, -0.1) is 11.6 Å². The third kappa shape index (κ3) is 2.49. The van der Waals surface area contributed by atoms with Gasteiger partial charge < -0.3 is 10.4 Å². The Labute approximate surface area is 141 Å². The average molecular weight is 342 g/mol. The topological polar surface area (TPSA) is 83.5 Å². The summed E-state index contributed by atoms with van der Waals surface area (Å²) < 4.78 is 0. The van der Waals surface area contributed by atoms with E-state index in [0.717, 1.165) is 12.8 Å². The predicted octanol–water partition coefficient (Wildman–Crippen LogP) is 2.53. The van der Waals surface area contributed by atoms with E-state index in [2.05, 4.69) is 5.32 Å². The number of carboxylic acid groups (broad SMARTS) is 1. The van der Waals surface area contributed by atoms with E-state index in [4.69, 9.17) is 11.6 Å². The Morgan fingerprint density at radius 2 is 2.04 bits per heavy atom. The molecule has 1 aliphatic carbocycles. The number of Topliss-reactive ketones (excluding diaryl/α,β-unsaturated/α-hetero) is 1. The van der Waals surface area contributed by atoms with Crippen molar-refractivity contribution in [2.75, 3.05) is 5.88 Å². The fourth-order valence-corrected chi connectivity index (χ4v) is 4.25. The summed E-state index contributed by atoms with van der Waals surface area (Å²) in [6.45, 7) is 5.10. The summed E-state index contributed by atoms with van der Waals surface area (Å²) in [4.78, 5) is 37.9. The number of alkyl halides is 1. The van der Waals surface area contributed by atoms with E-state index in [1.807, 2.05) is 6.08 Å². The molecule has 0 aromatic heterocycles. The molecule has 0 spiro atoms. The molecule has 0 aromatic rings. The van der Waals surface area contributed by atoms with Gasteiger partial charge in [0, 0.05) is 22.6 Å². The highest BCUT2D eigenvalue weighted by Crippen LogP contribution is 2.50. The van der Waals surface area contributed by atoms with Gasteiger partial charge in [-0.2, -0.15) is 0 Å². The van der Waals surface area contributed by atoms with Crippen molar-refractivity contribution in [1.29, 1.82) is 0 Å². The van der Waals surface area contributed by atoms with Crippen LogP contribution >= 0.6 is 11.6 Å². The predicted molar refractivity (Wildman–Crippen MR) is 87.2 cm³/mol. The van der Waals surface area contributed by atoms with Crippen LogP contribution in [0.15, 0.2) is 12.2 Å². The molecule has 23 heavy (non-hydrogen) atoms. The van der Waals surface area contributed by atoms with E-state index in [1.54, 1.807) is 26.8 Å². The maximum atomic E-state index is 13.3. The second-order valence-corrected chi connectivity index (χ2v) is 7.72. The van der Waals surface area contributed by atoms with Crippen molar-refractivity contribution in [1.82, 2.24) is 5.32 Å². The van der Waals surface area contributed by atoms with Crippen LogP contribution in [-0.2, 0) is 14.4 Å². The monoisotopic (exact) mass is 341 g/mol. The quantitative estimate of drug-likeness (QED) is 0.457. The summed E-state index contributed by atoms with van der Waals surface area (Å²) in [6.07, 6.45) is 6.35. The van der Waals surface area contributed by atoms with Crippen LogP contribution in [-0.4, -0.2) is 34.2 Å². The Balaban J connectivity index is 2.55. The average Bonchev–Trinajstić information content (AvgIpc) is 2.68. The lowest BCUT2D eigenvalue weighted by atomic mass is 9.59. The van der Waals surface area contributed by atoms with Crippen molar-refractivity contribution in [2.45, 2.75) is 52.0 Å². The molecule has 128 valence electrons. The van der Waals surface area contributed by atoms with Crippen molar-refractivity contribution >= 4 is 29.3 Å². The SMILES string of the molecule is CC1(C)[C@@H](CCCl)C(=O)N[C@]1(C(=O)O)C(=O)[C@]1(C)C=CCCC1. The first kappa shape index (κ1) is 18.0. The Hall–Kier alpha value is -1.36. The molecule has 1 heterocycles. The van der Waals surface area contributed by atoms with Gasteiger partial charge in [-0.25, -0.2) is 4.79 Å². The van der Waals surface area contributed by atoms with Crippen LogP contribution < -0.4 is 5.32 Å². The molecule has 2 N–H and O–H groups in total. The maximum absolute atomic E-state index is 13.3. The lowest BCUT2D eigenvalue weighted by Gasteiger charge is -2.42. The molecule has 3 atom stereocenters. The second kappa shape index (κ2) is 5.93. The lowest BCUT2D eigenvalue weighted by Crippen LogP contribution is -2.66. The number of carbonyl (C=O) groups is 3. The Morgan fingerprint density at radius 3 is 2.52 bits per heavy atom. The van der Waals surface area contributed by atoms with Crippen LogP contribution in [0.4, 0.5) is 0 Å². The standard InChI is InChI=1S/C17H24ClNO4/c1-15(2)11(7-10-18)12(20)19-17(15,14(22)23)13(21)16(3)8-5-4-6-9-16/h5,8,11H,4,6-7,9-10H2,1-3H3,(H,19,20)(H,22,23)/t11-,16+,17-/m0/s1. The van der Waals surface area contributed by atoms with Gasteiger partial charge in [0.1, 0.15) is 0 Å². The van der Waals surface area contributed by atoms with Gasteiger partial charge in [-0.05, 0) is 32.6 Å². The number of hydrogen-bond acceptors (Lipinski definition) is 3. The first-order chi connectivity index (χ1) is 10.6. The Kier molecular flexibility index (Phi) is 4.64. The molecule has 1 amide bonds. The smallest absolute Gasteiger partial charge is 0.337 e. The normalized spacial score (nSPS) is 35.8. The third-order valence-electron chi connectivity index (χ3n) is 5.60. The van der Waals surface area contributed by atoms with Crippen LogP contribution in [0.25, 0.3) is 0 Å². The summed E-state index contributed by atoms with van der Waals surface area (Å²) in [5.41, 5.74) is -3.86. The van der Waals surface area contributed by atoms with E-state index in [1.165, 1.54) is 0 Å². The highest BCUT2D eigenvalue weighted by atomic mass is 35.5. The van der Waals surface area contributed by atoms with Crippen molar-refractivity contribution in [3.8, 4) is 0 Å². The number of halogens is 1. The Morgan fingerprint density at radius 1 is 1.39 bits per heavy atom. The molecule has 5 nitrogen and oxygen atoms in total. The van der Waals surface area contributed by atoms with Gasteiger partial charge in [0.05, 0.1) is 0 Å². The van der Waals surface area contributed by atoms with Crippen LogP contribution in [0, 0.1) is 16.7 Å². The molecule has 0 saturated carbocycles. The van der Waals surface area contributed by atoms with Gasteiger partial charge >= 0.3 is 5.97 Å². The minimum Gasteiger partial charge on any atom is -0.479 e. The summed E-state index contributed by atoms with van der Waals surface area (Å²) in [5, 5.41) is 12.5. The van der Waals surface area contributed by atoms with E-state index in [-0.39, 0.29) is 5.88 Å². The van der Waals surface area contributed by atoms with Gasteiger partial charge in [0.15, 0.2) is 5.78 Å². The highest BCUT2D eigenvalue weighted by molar-refractivity contribution is 6.18. The molecule has 1 saturated heterocycles. The molecule has 0 unspecified atom stereocenters. The minimum absolute atomic E-state index is 0.239. The second-order valence-electron chi connectivity index (χ2n) is 7.34. The van der Waals surface area contributed by atoms with Crippen molar-refractivity contribution in [3.63, 3.8) is 0 Å². The first-order valence-electron chi connectivity index (χ1n) is 7.97. The molecule has 2 rings (SSSR count). The van der Waals surface area contributed by atoms with Gasteiger partial charge in [0.2, 0.25) is 11.4 Å².